The average molecular weight is 392 g/mol. The predicted molar refractivity (Wildman–Crippen MR) is 107 cm³/mol. The lowest BCUT2D eigenvalue weighted by Gasteiger charge is -2.34. The molecule has 0 radical (unpaired) electrons. The average Bonchev–Trinajstić information content (AvgIpc) is 3.13. The van der Waals surface area contributed by atoms with Gasteiger partial charge in [-0.15, -0.1) is 12.4 Å². The number of aromatic nitrogens is 2. The zero-order chi connectivity index (χ0) is 18.5. The first kappa shape index (κ1) is 20.9. The van der Waals surface area contributed by atoms with E-state index in [0.29, 0.717) is 12.2 Å². The molecule has 1 aliphatic rings. The van der Waals surface area contributed by atoms with Crippen LogP contribution < -0.4 is 11.1 Å². The number of carbonyl (C=O) groups excluding carboxylic acids is 2. The molecule has 27 heavy (non-hydrogen) atoms. The Hall–Kier alpha value is -2.38. The van der Waals surface area contributed by atoms with Crippen molar-refractivity contribution in [3.8, 4) is 5.69 Å². The minimum absolute atomic E-state index is 0. The van der Waals surface area contributed by atoms with Crippen molar-refractivity contribution >= 4 is 24.2 Å². The van der Waals surface area contributed by atoms with Gasteiger partial charge < -0.3 is 16.0 Å². The van der Waals surface area contributed by atoms with Crippen LogP contribution in [0.1, 0.15) is 47.2 Å². The Bertz CT molecular complexity index is 772. The summed E-state index contributed by atoms with van der Waals surface area (Å²) in [7, 11) is 0. The Kier molecular flexibility index (Phi) is 7.38. The van der Waals surface area contributed by atoms with E-state index in [1.54, 1.807) is 0 Å². The Morgan fingerprint density at radius 1 is 1.26 bits per heavy atom. The van der Waals surface area contributed by atoms with Gasteiger partial charge in [-0.3, -0.25) is 9.59 Å². The van der Waals surface area contributed by atoms with Crippen LogP contribution in [0.4, 0.5) is 0 Å². The van der Waals surface area contributed by atoms with Crippen molar-refractivity contribution in [1.82, 2.24) is 20.0 Å². The number of primary amides is 1. The SMILES string of the molecule is CCCN(C(=O)c1cc(C(N)=O)n(-c2ccccc2)n1)C1CCNCC1.Cl. The van der Waals surface area contributed by atoms with Crippen molar-refractivity contribution in [2.75, 3.05) is 19.6 Å². The van der Waals surface area contributed by atoms with Crippen molar-refractivity contribution in [1.29, 1.82) is 0 Å². The van der Waals surface area contributed by atoms with Gasteiger partial charge in [0.25, 0.3) is 11.8 Å². The van der Waals surface area contributed by atoms with E-state index in [1.165, 1.54) is 10.7 Å². The summed E-state index contributed by atoms with van der Waals surface area (Å²) in [6.45, 7) is 4.54. The van der Waals surface area contributed by atoms with Crippen LogP contribution in [-0.2, 0) is 0 Å². The highest BCUT2D eigenvalue weighted by molar-refractivity contribution is 5.97. The number of hydrogen-bond acceptors (Lipinski definition) is 4. The van der Waals surface area contributed by atoms with Gasteiger partial charge in [-0.1, -0.05) is 25.1 Å². The summed E-state index contributed by atoms with van der Waals surface area (Å²) >= 11 is 0. The van der Waals surface area contributed by atoms with Crippen LogP contribution in [0.2, 0.25) is 0 Å². The molecule has 0 spiro atoms. The molecule has 0 aliphatic carbocycles. The second kappa shape index (κ2) is 9.53. The minimum atomic E-state index is -0.607. The summed E-state index contributed by atoms with van der Waals surface area (Å²) in [5.41, 5.74) is 6.68. The highest BCUT2D eigenvalue weighted by Crippen LogP contribution is 2.18. The highest BCUT2D eigenvalue weighted by Gasteiger charge is 2.28. The molecule has 1 saturated heterocycles. The van der Waals surface area contributed by atoms with Gasteiger partial charge >= 0.3 is 0 Å². The molecule has 3 N–H and O–H groups in total. The monoisotopic (exact) mass is 391 g/mol. The summed E-state index contributed by atoms with van der Waals surface area (Å²) in [6.07, 6.45) is 2.72. The fraction of sp³-hybridized carbons (Fsp3) is 0.421. The van der Waals surface area contributed by atoms with E-state index in [2.05, 4.69) is 17.3 Å². The molecular weight excluding hydrogens is 366 g/mol. The molecule has 2 heterocycles. The smallest absolute Gasteiger partial charge is 0.274 e. The molecule has 7 nitrogen and oxygen atoms in total. The Morgan fingerprint density at radius 3 is 2.52 bits per heavy atom. The second-order valence-corrected chi connectivity index (χ2v) is 6.51. The maximum absolute atomic E-state index is 13.1. The molecular formula is C19H26ClN5O2. The number of nitrogens with zero attached hydrogens (tertiary/aromatic N) is 3. The van der Waals surface area contributed by atoms with Gasteiger partial charge in [-0.25, -0.2) is 4.68 Å². The molecule has 1 aromatic heterocycles. The molecule has 1 fully saturated rings. The zero-order valence-electron chi connectivity index (χ0n) is 15.4. The summed E-state index contributed by atoms with van der Waals surface area (Å²) in [5.74, 6) is -0.750. The Labute approximate surface area is 165 Å². The molecule has 2 amide bonds. The van der Waals surface area contributed by atoms with Crippen molar-refractivity contribution in [2.45, 2.75) is 32.2 Å². The Morgan fingerprint density at radius 2 is 1.93 bits per heavy atom. The summed E-state index contributed by atoms with van der Waals surface area (Å²) in [4.78, 5) is 26.9. The molecule has 1 aromatic carbocycles. The number of benzene rings is 1. The fourth-order valence-corrected chi connectivity index (χ4v) is 3.38. The van der Waals surface area contributed by atoms with Crippen LogP contribution in [0.25, 0.3) is 5.69 Å². The number of carbonyl (C=O) groups is 2. The van der Waals surface area contributed by atoms with Crippen molar-refractivity contribution in [2.24, 2.45) is 5.73 Å². The van der Waals surface area contributed by atoms with Gasteiger partial charge in [0.15, 0.2) is 5.69 Å². The summed E-state index contributed by atoms with van der Waals surface area (Å²) in [5, 5.41) is 7.73. The third-order valence-corrected chi connectivity index (χ3v) is 4.66. The molecule has 8 heteroatoms. The summed E-state index contributed by atoms with van der Waals surface area (Å²) < 4.78 is 1.45. The van der Waals surface area contributed by atoms with Crippen LogP contribution in [0.15, 0.2) is 36.4 Å². The van der Waals surface area contributed by atoms with Crippen LogP contribution in [0, 0.1) is 0 Å². The van der Waals surface area contributed by atoms with E-state index >= 15 is 0 Å². The van der Waals surface area contributed by atoms with E-state index in [0.717, 1.165) is 32.4 Å². The first-order chi connectivity index (χ1) is 12.6. The van der Waals surface area contributed by atoms with Crippen molar-refractivity contribution in [3.63, 3.8) is 0 Å². The van der Waals surface area contributed by atoms with Gasteiger partial charge in [-0.2, -0.15) is 5.10 Å². The molecule has 0 unspecified atom stereocenters. The van der Waals surface area contributed by atoms with Crippen LogP contribution in [-0.4, -0.2) is 52.2 Å². The molecule has 0 bridgehead atoms. The number of rotatable bonds is 6. The molecule has 0 saturated carbocycles. The Balaban J connectivity index is 0.00000261. The lowest BCUT2D eigenvalue weighted by molar-refractivity contribution is 0.0636. The van der Waals surface area contributed by atoms with Crippen molar-refractivity contribution in [3.05, 3.63) is 47.8 Å². The second-order valence-electron chi connectivity index (χ2n) is 6.51. The number of para-hydroxylation sites is 1. The molecule has 2 aromatic rings. The quantitative estimate of drug-likeness (QED) is 0.787. The number of piperidine rings is 1. The number of nitrogens with one attached hydrogen (secondary N) is 1. The predicted octanol–water partition coefficient (Wildman–Crippen LogP) is 2.00. The van der Waals surface area contributed by atoms with E-state index in [-0.39, 0.29) is 35.7 Å². The maximum atomic E-state index is 13.1. The van der Waals surface area contributed by atoms with Crippen LogP contribution in [0.3, 0.4) is 0 Å². The first-order valence-electron chi connectivity index (χ1n) is 9.08. The first-order valence-corrected chi connectivity index (χ1v) is 9.08. The minimum Gasteiger partial charge on any atom is -0.364 e. The van der Waals surface area contributed by atoms with Crippen LogP contribution >= 0.6 is 12.4 Å². The van der Waals surface area contributed by atoms with Gasteiger partial charge in [-0.05, 0) is 44.5 Å². The van der Waals surface area contributed by atoms with E-state index < -0.39 is 5.91 Å². The van der Waals surface area contributed by atoms with Gasteiger partial charge in [0, 0.05) is 18.7 Å². The lowest BCUT2D eigenvalue weighted by Crippen LogP contribution is -2.46. The number of halogens is 1. The number of hydrogen-bond donors (Lipinski definition) is 2. The molecule has 1 aliphatic heterocycles. The standard InChI is InChI=1S/C19H25N5O2.ClH/c1-2-12-23(14-8-10-21-11-9-14)19(26)16-13-17(18(20)25)24(22-16)15-6-4-3-5-7-15;/h3-7,13-14,21H,2,8-12H2,1H3,(H2,20,25);1H. The van der Waals surface area contributed by atoms with E-state index in [1.807, 2.05) is 35.2 Å². The van der Waals surface area contributed by atoms with E-state index in [4.69, 9.17) is 5.73 Å². The van der Waals surface area contributed by atoms with Gasteiger partial charge in [0.2, 0.25) is 0 Å². The van der Waals surface area contributed by atoms with E-state index in [9.17, 15) is 9.59 Å². The van der Waals surface area contributed by atoms with Crippen LogP contribution in [0.5, 0.6) is 0 Å². The fourth-order valence-electron chi connectivity index (χ4n) is 3.38. The molecule has 0 atom stereocenters. The normalized spacial score (nSPS) is 14.4. The van der Waals surface area contributed by atoms with Gasteiger partial charge in [0.05, 0.1) is 5.69 Å². The maximum Gasteiger partial charge on any atom is 0.274 e. The summed E-state index contributed by atoms with van der Waals surface area (Å²) in [6, 6.07) is 10.9. The topological polar surface area (TPSA) is 93.2 Å². The van der Waals surface area contributed by atoms with Crippen molar-refractivity contribution < 1.29 is 9.59 Å². The highest BCUT2D eigenvalue weighted by atomic mass is 35.5. The third-order valence-electron chi connectivity index (χ3n) is 4.66. The largest absolute Gasteiger partial charge is 0.364 e. The number of amides is 2. The molecule has 3 rings (SSSR count). The molecule has 146 valence electrons. The third kappa shape index (κ3) is 4.67. The lowest BCUT2D eigenvalue weighted by atomic mass is 10.0. The van der Waals surface area contributed by atoms with Gasteiger partial charge in [0.1, 0.15) is 5.69 Å². The zero-order valence-corrected chi connectivity index (χ0v) is 16.2. The number of nitrogens with two attached hydrogens (primary N) is 1.